The molecule has 1 aromatic carbocycles. The van der Waals surface area contributed by atoms with Crippen LogP contribution in [-0.2, 0) is 4.79 Å². The first kappa shape index (κ1) is 16.3. The van der Waals surface area contributed by atoms with Crippen molar-refractivity contribution in [1.82, 2.24) is 20.5 Å². The maximum atomic E-state index is 11.5. The second-order valence-corrected chi connectivity index (χ2v) is 6.69. The second-order valence-electron chi connectivity index (χ2n) is 6.69. The number of nitrogens with zero attached hydrogens (tertiary/aromatic N) is 2. The molecule has 3 N–H and O–H groups in total. The Labute approximate surface area is 151 Å². The minimum absolute atomic E-state index is 0.120. The van der Waals surface area contributed by atoms with Crippen LogP contribution in [0.1, 0.15) is 30.9 Å². The lowest BCUT2D eigenvalue weighted by Crippen LogP contribution is -2.31. The highest BCUT2D eigenvalue weighted by molar-refractivity contribution is 5.87. The molecular weight excluding hydrogens is 328 g/mol. The van der Waals surface area contributed by atoms with E-state index in [1.54, 1.807) is 12.1 Å². The standard InChI is InChI=1S/C20H20N4O2/c1-2-19(26)21-14-8-7-12(9-14)16-10-13-11-17(23-24-20(13)22-16)15-5-3-4-6-18(15)25/h2-6,10-12,14,25H,1,7-9H2,(H,21,26)(H,22,24)/t12?,14-/m1/s1. The van der Waals surface area contributed by atoms with E-state index >= 15 is 0 Å². The monoisotopic (exact) mass is 348 g/mol. The SMILES string of the molecule is C=CC(=O)N[C@@H]1CCC(c2cc3cc(-c4ccccc4O)nnc3[nH]2)C1. The van der Waals surface area contributed by atoms with Gasteiger partial charge in [-0.25, -0.2) is 0 Å². The van der Waals surface area contributed by atoms with Crippen molar-refractivity contribution >= 4 is 16.9 Å². The number of aromatic hydroxyl groups is 1. The van der Waals surface area contributed by atoms with Crippen LogP contribution in [0.15, 0.2) is 49.1 Å². The molecule has 1 saturated carbocycles. The molecule has 4 rings (SSSR count). The zero-order valence-corrected chi connectivity index (χ0v) is 14.3. The average Bonchev–Trinajstić information content (AvgIpc) is 3.27. The summed E-state index contributed by atoms with van der Waals surface area (Å²) < 4.78 is 0. The molecule has 0 radical (unpaired) electrons. The van der Waals surface area contributed by atoms with Crippen LogP contribution in [0.2, 0.25) is 0 Å². The minimum Gasteiger partial charge on any atom is -0.507 e. The van der Waals surface area contributed by atoms with E-state index in [1.165, 1.54) is 6.08 Å². The molecule has 0 bridgehead atoms. The number of para-hydroxylation sites is 1. The van der Waals surface area contributed by atoms with Crippen LogP contribution in [0, 0.1) is 0 Å². The number of carbonyl (C=O) groups is 1. The van der Waals surface area contributed by atoms with E-state index in [-0.39, 0.29) is 17.7 Å². The maximum absolute atomic E-state index is 11.5. The fraction of sp³-hybridized carbons (Fsp3) is 0.250. The maximum Gasteiger partial charge on any atom is 0.243 e. The zero-order valence-electron chi connectivity index (χ0n) is 14.3. The van der Waals surface area contributed by atoms with Gasteiger partial charge >= 0.3 is 0 Å². The van der Waals surface area contributed by atoms with Crippen molar-refractivity contribution in [2.75, 3.05) is 0 Å². The lowest BCUT2D eigenvalue weighted by atomic mass is 10.0. The van der Waals surface area contributed by atoms with E-state index in [0.29, 0.717) is 17.2 Å². The van der Waals surface area contributed by atoms with E-state index < -0.39 is 0 Å². The van der Waals surface area contributed by atoms with Gasteiger partial charge in [-0.2, -0.15) is 0 Å². The highest BCUT2D eigenvalue weighted by atomic mass is 16.3. The third kappa shape index (κ3) is 3.06. The molecule has 0 saturated heterocycles. The molecule has 0 spiro atoms. The summed E-state index contributed by atoms with van der Waals surface area (Å²) in [5.41, 5.74) is 3.15. The molecule has 1 amide bonds. The van der Waals surface area contributed by atoms with Crippen molar-refractivity contribution in [3.05, 3.63) is 54.7 Å². The Kier molecular flexibility index (Phi) is 4.16. The lowest BCUT2D eigenvalue weighted by molar-refractivity contribution is -0.117. The van der Waals surface area contributed by atoms with E-state index in [9.17, 15) is 9.90 Å². The lowest BCUT2D eigenvalue weighted by Gasteiger charge is -2.11. The number of rotatable bonds is 4. The zero-order chi connectivity index (χ0) is 18.1. The number of amides is 1. The molecule has 1 unspecified atom stereocenters. The summed E-state index contributed by atoms with van der Waals surface area (Å²) in [6.45, 7) is 3.50. The molecule has 26 heavy (non-hydrogen) atoms. The first-order chi connectivity index (χ1) is 12.6. The summed E-state index contributed by atoms with van der Waals surface area (Å²) in [6.07, 6.45) is 4.17. The third-order valence-electron chi connectivity index (χ3n) is 4.98. The molecule has 3 aromatic rings. The topological polar surface area (TPSA) is 90.9 Å². The molecule has 132 valence electrons. The number of fused-ring (bicyclic) bond motifs is 1. The minimum atomic E-state index is -0.120. The fourth-order valence-electron chi connectivity index (χ4n) is 3.65. The first-order valence-corrected chi connectivity index (χ1v) is 8.71. The molecule has 1 aliphatic carbocycles. The van der Waals surface area contributed by atoms with E-state index in [1.807, 2.05) is 18.2 Å². The van der Waals surface area contributed by atoms with Crippen molar-refractivity contribution in [3.63, 3.8) is 0 Å². The predicted octanol–water partition coefficient (Wildman–Crippen LogP) is 3.27. The van der Waals surface area contributed by atoms with Gasteiger partial charge in [-0.1, -0.05) is 18.7 Å². The highest BCUT2D eigenvalue weighted by Crippen LogP contribution is 2.36. The Morgan fingerprint density at radius 2 is 2.12 bits per heavy atom. The molecule has 2 heterocycles. The van der Waals surface area contributed by atoms with Gasteiger partial charge in [-0.15, -0.1) is 10.2 Å². The number of phenolic OH excluding ortho intramolecular Hbond substituents is 1. The Morgan fingerprint density at radius 1 is 1.27 bits per heavy atom. The van der Waals surface area contributed by atoms with Gasteiger partial charge in [0.1, 0.15) is 5.75 Å². The predicted molar refractivity (Wildman–Crippen MR) is 99.7 cm³/mol. The Morgan fingerprint density at radius 3 is 2.92 bits per heavy atom. The summed E-state index contributed by atoms with van der Waals surface area (Å²) in [6, 6.07) is 11.3. The van der Waals surface area contributed by atoms with Crippen LogP contribution >= 0.6 is 0 Å². The van der Waals surface area contributed by atoms with Gasteiger partial charge in [0.15, 0.2) is 5.65 Å². The molecule has 0 aliphatic heterocycles. The number of carbonyl (C=O) groups excluding carboxylic acids is 1. The van der Waals surface area contributed by atoms with Gasteiger partial charge in [-0.3, -0.25) is 4.79 Å². The van der Waals surface area contributed by atoms with Crippen molar-refractivity contribution in [2.45, 2.75) is 31.2 Å². The van der Waals surface area contributed by atoms with Gasteiger partial charge in [0, 0.05) is 28.6 Å². The molecular formula is C20H20N4O2. The van der Waals surface area contributed by atoms with Gasteiger partial charge in [-0.05, 0) is 49.6 Å². The molecule has 2 atom stereocenters. The number of aromatic nitrogens is 3. The Bertz CT molecular complexity index is 979. The largest absolute Gasteiger partial charge is 0.507 e. The highest BCUT2D eigenvalue weighted by Gasteiger charge is 2.27. The van der Waals surface area contributed by atoms with Gasteiger partial charge in [0.2, 0.25) is 5.91 Å². The molecule has 1 fully saturated rings. The van der Waals surface area contributed by atoms with Gasteiger partial charge < -0.3 is 15.4 Å². The van der Waals surface area contributed by atoms with Crippen LogP contribution in [0.25, 0.3) is 22.3 Å². The van der Waals surface area contributed by atoms with Crippen LogP contribution < -0.4 is 5.32 Å². The van der Waals surface area contributed by atoms with Crippen molar-refractivity contribution in [3.8, 4) is 17.0 Å². The summed E-state index contributed by atoms with van der Waals surface area (Å²) >= 11 is 0. The summed E-state index contributed by atoms with van der Waals surface area (Å²) in [4.78, 5) is 14.8. The number of aromatic amines is 1. The van der Waals surface area contributed by atoms with Crippen molar-refractivity contribution < 1.29 is 9.90 Å². The fourth-order valence-corrected chi connectivity index (χ4v) is 3.65. The molecule has 1 aliphatic rings. The van der Waals surface area contributed by atoms with E-state index in [2.05, 4.69) is 33.1 Å². The van der Waals surface area contributed by atoms with Crippen molar-refractivity contribution in [1.29, 1.82) is 0 Å². The van der Waals surface area contributed by atoms with Crippen LogP contribution in [0.4, 0.5) is 0 Å². The van der Waals surface area contributed by atoms with Crippen LogP contribution in [0.5, 0.6) is 5.75 Å². The number of phenols is 1. The normalized spacial score (nSPS) is 19.5. The number of hydrogen-bond acceptors (Lipinski definition) is 4. The van der Waals surface area contributed by atoms with Crippen molar-refractivity contribution in [2.24, 2.45) is 0 Å². The summed E-state index contributed by atoms with van der Waals surface area (Å²) in [5.74, 6) is 0.423. The third-order valence-corrected chi connectivity index (χ3v) is 4.98. The van der Waals surface area contributed by atoms with Crippen LogP contribution in [-0.4, -0.2) is 32.2 Å². The smallest absolute Gasteiger partial charge is 0.243 e. The van der Waals surface area contributed by atoms with E-state index in [4.69, 9.17) is 0 Å². The Hall–Kier alpha value is -3.15. The number of benzene rings is 1. The average molecular weight is 348 g/mol. The summed E-state index contributed by atoms with van der Waals surface area (Å²) in [5, 5.41) is 22.5. The Balaban J connectivity index is 1.58. The molecule has 2 aromatic heterocycles. The first-order valence-electron chi connectivity index (χ1n) is 8.71. The summed E-state index contributed by atoms with van der Waals surface area (Å²) in [7, 11) is 0. The number of H-pyrrole nitrogens is 1. The number of hydrogen-bond donors (Lipinski definition) is 3. The van der Waals surface area contributed by atoms with E-state index in [0.717, 1.165) is 36.0 Å². The molecule has 6 heteroatoms. The molecule has 6 nitrogen and oxygen atoms in total. The van der Waals surface area contributed by atoms with Gasteiger partial charge in [0.05, 0.1) is 5.69 Å². The van der Waals surface area contributed by atoms with Crippen LogP contribution in [0.3, 0.4) is 0 Å². The quantitative estimate of drug-likeness (QED) is 0.631. The second kappa shape index (κ2) is 6.63. The number of nitrogens with one attached hydrogen (secondary N) is 2. The van der Waals surface area contributed by atoms with Gasteiger partial charge in [0.25, 0.3) is 0 Å².